The quantitative estimate of drug-likeness (QED) is 0.760. The van der Waals surface area contributed by atoms with E-state index in [1.165, 1.54) is 24.4 Å². The fraction of sp³-hybridized carbons (Fsp3) is 0.294. The molecule has 0 saturated carbocycles. The van der Waals surface area contributed by atoms with Crippen LogP contribution >= 0.6 is 0 Å². The molecule has 0 bridgehead atoms. The minimum Gasteiger partial charge on any atom is -0.384 e. The van der Waals surface area contributed by atoms with E-state index < -0.39 is 17.6 Å². The van der Waals surface area contributed by atoms with Gasteiger partial charge in [0.1, 0.15) is 0 Å². The summed E-state index contributed by atoms with van der Waals surface area (Å²) >= 11 is 0. The minimum atomic E-state index is -4.54. The zero-order valence-electron chi connectivity index (χ0n) is 13.2. The molecule has 0 atom stereocenters. The highest BCUT2D eigenvalue weighted by Crippen LogP contribution is 2.34. The highest BCUT2D eigenvalue weighted by Gasteiger charge is 2.33. The summed E-state index contributed by atoms with van der Waals surface area (Å²) in [5.74, 6) is -0.640. The maximum absolute atomic E-state index is 13.0. The molecule has 2 N–H and O–H groups in total. The molecular formula is C17H18F3N3O. The Morgan fingerprint density at radius 3 is 2.67 bits per heavy atom. The van der Waals surface area contributed by atoms with Crippen molar-refractivity contribution in [1.82, 2.24) is 4.98 Å². The lowest BCUT2D eigenvalue weighted by Crippen LogP contribution is -2.17. The van der Waals surface area contributed by atoms with Crippen LogP contribution in [0.5, 0.6) is 0 Å². The number of nitrogens with one attached hydrogen (secondary N) is 2. The summed E-state index contributed by atoms with van der Waals surface area (Å²) in [5, 5.41) is 5.42. The predicted molar refractivity (Wildman–Crippen MR) is 87.0 cm³/mol. The Balaban J connectivity index is 2.15. The van der Waals surface area contributed by atoms with Crippen molar-refractivity contribution in [2.75, 3.05) is 17.2 Å². The van der Waals surface area contributed by atoms with Gasteiger partial charge >= 0.3 is 6.18 Å². The molecule has 128 valence electrons. The number of rotatable bonds is 6. The number of benzene rings is 1. The topological polar surface area (TPSA) is 54.0 Å². The molecule has 2 aromatic rings. The molecule has 24 heavy (non-hydrogen) atoms. The SMILES string of the molecule is CCCCNc1cncc(C(=O)Nc2ccccc2C(F)(F)F)c1. The van der Waals surface area contributed by atoms with E-state index >= 15 is 0 Å². The van der Waals surface area contributed by atoms with E-state index in [-0.39, 0.29) is 11.3 Å². The molecule has 0 saturated heterocycles. The molecule has 0 aliphatic rings. The van der Waals surface area contributed by atoms with Crippen molar-refractivity contribution in [2.24, 2.45) is 0 Å². The van der Waals surface area contributed by atoms with Gasteiger partial charge in [0, 0.05) is 18.9 Å². The minimum absolute atomic E-state index is 0.188. The normalized spacial score (nSPS) is 11.2. The molecule has 0 unspecified atom stereocenters. The number of amides is 1. The van der Waals surface area contributed by atoms with Crippen molar-refractivity contribution in [2.45, 2.75) is 25.9 Å². The van der Waals surface area contributed by atoms with Crippen LogP contribution in [0.25, 0.3) is 0 Å². The summed E-state index contributed by atoms with van der Waals surface area (Å²) in [6, 6.07) is 6.42. The monoisotopic (exact) mass is 337 g/mol. The van der Waals surface area contributed by atoms with E-state index in [1.54, 1.807) is 12.3 Å². The maximum Gasteiger partial charge on any atom is 0.418 e. The molecule has 0 fully saturated rings. The number of alkyl halides is 3. The molecule has 1 amide bonds. The van der Waals surface area contributed by atoms with Gasteiger partial charge < -0.3 is 10.6 Å². The first-order valence-corrected chi connectivity index (χ1v) is 7.58. The van der Waals surface area contributed by atoms with Crippen molar-refractivity contribution in [1.29, 1.82) is 0 Å². The molecule has 2 rings (SSSR count). The van der Waals surface area contributed by atoms with Gasteiger partial charge in [-0.15, -0.1) is 0 Å². The van der Waals surface area contributed by atoms with Crippen molar-refractivity contribution < 1.29 is 18.0 Å². The second kappa shape index (κ2) is 7.81. The van der Waals surface area contributed by atoms with Gasteiger partial charge in [-0.1, -0.05) is 25.5 Å². The number of para-hydroxylation sites is 1. The second-order valence-corrected chi connectivity index (χ2v) is 5.24. The number of nitrogens with zero attached hydrogens (tertiary/aromatic N) is 1. The lowest BCUT2D eigenvalue weighted by Gasteiger charge is -2.13. The Morgan fingerprint density at radius 2 is 1.96 bits per heavy atom. The fourth-order valence-electron chi connectivity index (χ4n) is 2.10. The smallest absolute Gasteiger partial charge is 0.384 e. The molecule has 1 heterocycles. The Labute approximate surface area is 138 Å². The van der Waals surface area contributed by atoms with E-state index in [9.17, 15) is 18.0 Å². The molecular weight excluding hydrogens is 319 g/mol. The second-order valence-electron chi connectivity index (χ2n) is 5.24. The largest absolute Gasteiger partial charge is 0.418 e. The number of carbonyl (C=O) groups excluding carboxylic acids is 1. The first-order chi connectivity index (χ1) is 11.4. The summed E-state index contributed by atoms with van der Waals surface area (Å²) in [7, 11) is 0. The predicted octanol–water partition coefficient (Wildman–Crippen LogP) is 4.56. The third kappa shape index (κ3) is 4.71. The van der Waals surface area contributed by atoms with Gasteiger partial charge in [0.2, 0.25) is 0 Å². The number of aromatic nitrogens is 1. The Morgan fingerprint density at radius 1 is 1.21 bits per heavy atom. The van der Waals surface area contributed by atoms with Crippen LogP contribution in [0.3, 0.4) is 0 Å². The van der Waals surface area contributed by atoms with Crippen LogP contribution in [0.15, 0.2) is 42.7 Å². The maximum atomic E-state index is 13.0. The Bertz CT molecular complexity index is 701. The van der Waals surface area contributed by atoms with Crippen molar-refractivity contribution in [3.05, 3.63) is 53.9 Å². The molecule has 0 spiro atoms. The number of hydrogen-bond acceptors (Lipinski definition) is 3. The third-order valence-corrected chi connectivity index (χ3v) is 3.34. The van der Waals surface area contributed by atoms with Gasteiger partial charge in [0.15, 0.2) is 0 Å². The summed E-state index contributed by atoms with van der Waals surface area (Å²) in [6.45, 7) is 2.79. The summed E-state index contributed by atoms with van der Waals surface area (Å²) < 4.78 is 38.9. The molecule has 4 nitrogen and oxygen atoms in total. The van der Waals surface area contributed by atoms with Crippen LogP contribution in [0, 0.1) is 0 Å². The Kier molecular flexibility index (Phi) is 5.78. The average Bonchev–Trinajstić information content (AvgIpc) is 2.55. The van der Waals surface area contributed by atoms with E-state index in [0.29, 0.717) is 5.69 Å². The molecule has 1 aromatic carbocycles. The molecule has 7 heteroatoms. The van der Waals surface area contributed by atoms with Crippen molar-refractivity contribution in [3.8, 4) is 0 Å². The van der Waals surface area contributed by atoms with Crippen LogP contribution < -0.4 is 10.6 Å². The van der Waals surface area contributed by atoms with Gasteiger partial charge in [-0.25, -0.2) is 0 Å². The van der Waals surface area contributed by atoms with Crippen LogP contribution in [0.1, 0.15) is 35.7 Å². The van der Waals surface area contributed by atoms with E-state index in [2.05, 4.69) is 22.5 Å². The van der Waals surface area contributed by atoms with Crippen molar-refractivity contribution >= 4 is 17.3 Å². The van der Waals surface area contributed by atoms with Crippen LogP contribution in [0.2, 0.25) is 0 Å². The highest BCUT2D eigenvalue weighted by atomic mass is 19.4. The van der Waals surface area contributed by atoms with E-state index in [4.69, 9.17) is 0 Å². The zero-order chi connectivity index (χ0) is 17.6. The number of carbonyl (C=O) groups is 1. The highest BCUT2D eigenvalue weighted by molar-refractivity contribution is 6.05. The average molecular weight is 337 g/mol. The zero-order valence-corrected chi connectivity index (χ0v) is 13.2. The lowest BCUT2D eigenvalue weighted by atomic mass is 10.1. The molecule has 0 aliphatic carbocycles. The van der Waals surface area contributed by atoms with Gasteiger partial charge in [-0.3, -0.25) is 9.78 Å². The number of unbranched alkanes of at least 4 members (excludes halogenated alkanes) is 1. The van der Waals surface area contributed by atoms with E-state index in [0.717, 1.165) is 25.5 Å². The van der Waals surface area contributed by atoms with Crippen molar-refractivity contribution in [3.63, 3.8) is 0 Å². The molecule has 0 radical (unpaired) electrons. The standard InChI is InChI=1S/C17H18F3N3O/c1-2-3-8-22-13-9-12(10-21-11-13)16(24)23-15-7-5-4-6-14(15)17(18,19)20/h4-7,9-11,22H,2-3,8H2,1H3,(H,23,24). The number of hydrogen-bond donors (Lipinski definition) is 2. The lowest BCUT2D eigenvalue weighted by molar-refractivity contribution is -0.136. The summed E-state index contributed by atoms with van der Waals surface area (Å²) in [4.78, 5) is 16.2. The third-order valence-electron chi connectivity index (χ3n) is 3.34. The number of pyridine rings is 1. The summed E-state index contributed by atoms with van der Waals surface area (Å²) in [5.41, 5.74) is -0.323. The Hall–Kier alpha value is -2.57. The number of anilines is 2. The molecule has 0 aliphatic heterocycles. The van der Waals surface area contributed by atoms with Gasteiger partial charge in [0.05, 0.1) is 22.5 Å². The molecule has 1 aromatic heterocycles. The van der Waals surface area contributed by atoms with E-state index in [1.807, 2.05) is 0 Å². The van der Waals surface area contributed by atoms with Gasteiger partial charge in [-0.2, -0.15) is 13.2 Å². The van der Waals surface area contributed by atoms with Gasteiger partial charge in [-0.05, 0) is 24.6 Å². The van der Waals surface area contributed by atoms with Crippen LogP contribution in [-0.2, 0) is 6.18 Å². The first kappa shape index (κ1) is 17.8. The number of halogens is 3. The summed E-state index contributed by atoms with van der Waals surface area (Å²) in [6.07, 6.45) is 0.336. The fourth-order valence-corrected chi connectivity index (χ4v) is 2.10. The first-order valence-electron chi connectivity index (χ1n) is 7.58. The van der Waals surface area contributed by atoms with Crippen LogP contribution in [-0.4, -0.2) is 17.4 Å². The van der Waals surface area contributed by atoms with Gasteiger partial charge in [0.25, 0.3) is 5.91 Å². The van der Waals surface area contributed by atoms with Crippen LogP contribution in [0.4, 0.5) is 24.5 Å².